The lowest BCUT2D eigenvalue weighted by molar-refractivity contribution is 0.669. The Morgan fingerprint density at radius 3 is 1.69 bits per heavy atom. The molecule has 0 aliphatic carbocycles. The lowest BCUT2D eigenvalue weighted by Gasteiger charge is -2.28. The highest BCUT2D eigenvalue weighted by Crippen LogP contribution is 2.52. The third-order valence-electron chi connectivity index (χ3n) is 12.7. The highest BCUT2D eigenvalue weighted by atomic mass is 32.1. The van der Waals surface area contributed by atoms with Crippen molar-refractivity contribution in [2.45, 2.75) is 0 Å². The van der Waals surface area contributed by atoms with Gasteiger partial charge in [-0.05, 0) is 105 Å². The number of benzene rings is 10. The van der Waals surface area contributed by atoms with Crippen molar-refractivity contribution in [3.05, 3.63) is 224 Å². The van der Waals surface area contributed by atoms with E-state index in [-0.39, 0.29) is 0 Å². The van der Waals surface area contributed by atoms with Gasteiger partial charge in [0.1, 0.15) is 11.2 Å². The fourth-order valence-corrected chi connectivity index (χ4v) is 12.2. The smallest absolute Gasteiger partial charge is 0.136 e. The molecule has 0 atom stereocenters. The van der Waals surface area contributed by atoms with Crippen LogP contribution in [-0.2, 0) is 0 Å². The molecule has 0 aliphatic heterocycles. The van der Waals surface area contributed by atoms with Gasteiger partial charge in [0.15, 0.2) is 0 Å². The summed E-state index contributed by atoms with van der Waals surface area (Å²) in [5, 5.41) is 7.20. The lowest BCUT2D eigenvalue weighted by atomic mass is 9.94. The van der Waals surface area contributed by atoms with E-state index in [0.717, 1.165) is 61.3 Å². The second-order valence-electron chi connectivity index (χ2n) is 16.4. The molecule has 0 saturated heterocycles. The third-order valence-corrected chi connectivity index (χ3v) is 15.0. The largest absolute Gasteiger partial charge is 0.456 e. The number of hydrogen-bond donors (Lipinski definition) is 0. The number of furan rings is 1. The summed E-state index contributed by atoms with van der Waals surface area (Å²) in [6.45, 7) is 0. The Hall–Kier alpha value is -7.76. The molecule has 0 N–H and O–H groups in total. The highest BCUT2D eigenvalue weighted by molar-refractivity contribution is 7.26. The van der Waals surface area contributed by atoms with Crippen molar-refractivity contribution in [1.29, 1.82) is 0 Å². The molecule has 4 heteroatoms. The standard InChI is InChI=1S/C60H37NOS2/c1-5-16-38(17-6-1)42-28-30-47-56(36-42)64-60-45(40-20-9-3-10-21-40)31-32-51(59(47)60)61(50-25-15-27-55-58(50)46-24-13-14-26-54(46)63-55)44-29-33-52-49(37-44)57-48(41-22-11-4-12-23-41)34-43(35-53(57)62-52)39-18-7-2-8-19-39/h1-37H. The Labute approximate surface area is 378 Å². The second kappa shape index (κ2) is 15.0. The van der Waals surface area contributed by atoms with E-state index in [1.54, 1.807) is 0 Å². The van der Waals surface area contributed by atoms with E-state index in [1.165, 1.54) is 62.6 Å². The van der Waals surface area contributed by atoms with Gasteiger partial charge in [0, 0.05) is 56.8 Å². The van der Waals surface area contributed by atoms with E-state index in [4.69, 9.17) is 4.42 Å². The molecule has 0 amide bonds. The molecule has 0 unspecified atom stereocenters. The number of thiophene rings is 2. The average Bonchev–Trinajstić information content (AvgIpc) is 4.06. The number of nitrogens with zero attached hydrogens (tertiary/aromatic N) is 1. The summed E-state index contributed by atoms with van der Waals surface area (Å²) >= 11 is 3.74. The molecule has 10 aromatic carbocycles. The van der Waals surface area contributed by atoms with Gasteiger partial charge in [0.25, 0.3) is 0 Å². The minimum absolute atomic E-state index is 0.860. The van der Waals surface area contributed by atoms with Crippen molar-refractivity contribution >= 4 is 102 Å². The Morgan fingerprint density at radius 1 is 0.312 bits per heavy atom. The van der Waals surface area contributed by atoms with E-state index >= 15 is 0 Å². The van der Waals surface area contributed by atoms with Gasteiger partial charge in [-0.2, -0.15) is 0 Å². The molecule has 0 aliphatic rings. The summed E-state index contributed by atoms with van der Waals surface area (Å²) in [5.41, 5.74) is 14.6. The van der Waals surface area contributed by atoms with Crippen molar-refractivity contribution in [3.8, 4) is 44.5 Å². The summed E-state index contributed by atoms with van der Waals surface area (Å²) in [6, 6.07) is 81.6. The number of rotatable bonds is 7. The molecule has 64 heavy (non-hydrogen) atoms. The fraction of sp³-hybridized carbons (Fsp3) is 0. The number of hydrogen-bond acceptors (Lipinski definition) is 4. The van der Waals surface area contributed by atoms with E-state index in [0.29, 0.717) is 0 Å². The summed E-state index contributed by atoms with van der Waals surface area (Å²) < 4.78 is 11.9. The van der Waals surface area contributed by atoms with Gasteiger partial charge >= 0.3 is 0 Å². The summed E-state index contributed by atoms with van der Waals surface area (Å²) in [7, 11) is 0. The molecule has 3 aromatic heterocycles. The minimum Gasteiger partial charge on any atom is -0.456 e. The van der Waals surface area contributed by atoms with Crippen LogP contribution in [0.25, 0.3) is 107 Å². The topological polar surface area (TPSA) is 16.4 Å². The van der Waals surface area contributed by atoms with Crippen LogP contribution in [-0.4, -0.2) is 0 Å². The maximum absolute atomic E-state index is 6.85. The van der Waals surface area contributed by atoms with Gasteiger partial charge < -0.3 is 9.32 Å². The Kier molecular flexibility index (Phi) is 8.61. The van der Waals surface area contributed by atoms with Gasteiger partial charge in [-0.25, -0.2) is 0 Å². The lowest BCUT2D eigenvalue weighted by Crippen LogP contribution is -2.11. The zero-order valence-electron chi connectivity index (χ0n) is 34.5. The molecule has 13 rings (SSSR count). The van der Waals surface area contributed by atoms with E-state index < -0.39 is 0 Å². The third kappa shape index (κ3) is 5.99. The zero-order valence-corrected chi connectivity index (χ0v) is 36.2. The Bertz CT molecular complexity index is 3890. The molecule has 0 fully saturated rings. The summed E-state index contributed by atoms with van der Waals surface area (Å²) in [6.07, 6.45) is 0. The van der Waals surface area contributed by atoms with Crippen LogP contribution in [0.2, 0.25) is 0 Å². The van der Waals surface area contributed by atoms with Gasteiger partial charge in [-0.15, -0.1) is 22.7 Å². The quantitative estimate of drug-likeness (QED) is 0.159. The average molecular weight is 852 g/mol. The maximum Gasteiger partial charge on any atom is 0.136 e. The number of anilines is 3. The normalized spacial score (nSPS) is 11.8. The Balaban J connectivity index is 1.12. The maximum atomic E-state index is 6.85. The first-order valence-corrected chi connectivity index (χ1v) is 23.3. The van der Waals surface area contributed by atoms with Gasteiger partial charge in [-0.3, -0.25) is 0 Å². The Morgan fingerprint density at radius 2 is 0.938 bits per heavy atom. The fourth-order valence-electron chi connectivity index (χ4n) is 9.73. The first kappa shape index (κ1) is 36.9. The molecule has 300 valence electrons. The molecule has 0 saturated carbocycles. The molecule has 0 radical (unpaired) electrons. The predicted molar refractivity (Wildman–Crippen MR) is 276 cm³/mol. The highest BCUT2D eigenvalue weighted by Gasteiger charge is 2.25. The summed E-state index contributed by atoms with van der Waals surface area (Å²) in [5.74, 6) is 0. The van der Waals surface area contributed by atoms with Gasteiger partial charge in [-0.1, -0.05) is 164 Å². The van der Waals surface area contributed by atoms with E-state index in [2.05, 4.69) is 229 Å². The molecule has 3 heterocycles. The number of fused-ring (bicyclic) bond motifs is 9. The van der Waals surface area contributed by atoms with Crippen molar-refractivity contribution < 1.29 is 4.42 Å². The van der Waals surface area contributed by atoms with Crippen molar-refractivity contribution in [2.24, 2.45) is 0 Å². The van der Waals surface area contributed by atoms with Crippen molar-refractivity contribution in [3.63, 3.8) is 0 Å². The molecular weight excluding hydrogens is 815 g/mol. The first-order chi connectivity index (χ1) is 31.7. The van der Waals surface area contributed by atoms with Crippen molar-refractivity contribution in [2.75, 3.05) is 4.90 Å². The molecule has 0 bridgehead atoms. The van der Waals surface area contributed by atoms with E-state index in [1.807, 2.05) is 22.7 Å². The van der Waals surface area contributed by atoms with Gasteiger partial charge in [0.2, 0.25) is 0 Å². The minimum atomic E-state index is 0.860. The first-order valence-electron chi connectivity index (χ1n) is 21.7. The van der Waals surface area contributed by atoms with Crippen LogP contribution in [0.5, 0.6) is 0 Å². The van der Waals surface area contributed by atoms with Crippen LogP contribution < -0.4 is 4.90 Å². The van der Waals surface area contributed by atoms with E-state index in [9.17, 15) is 0 Å². The SMILES string of the molecule is c1ccc(-c2cc(-c3ccccc3)c3c(c2)oc2ccc(N(c4cccc5sc6ccccc6c45)c4ccc(-c5ccccc5)c5sc6cc(-c7ccccc7)ccc6c45)cc23)cc1. The van der Waals surface area contributed by atoms with Crippen molar-refractivity contribution in [1.82, 2.24) is 0 Å². The zero-order chi connectivity index (χ0) is 42.1. The molecule has 2 nitrogen and oxygen atoms in total. The van der Waals surface area contributed by atoms with Crippen LogP contribution in [0.1, 0.15) is 0 Å². The predicted octanol–water partition coefficient (Wildman–Crippen LogP) is 18.5. The second-order valence-corrected chi connectivity index (χ2v) is 18.5. The van der Waals surface area contributed by atoms with Crippen LogP contribution >= 0.6 is 22.7 Å². The van der Waals surface area contributed by atoms with Crippen LogP contribution in [0, 0.1) is 0 Å². The molecular formula is C60H37NOS2. The van der Waals surface area contributed by atoms with Crippen LogP contribution in [0.3, 0.4) is 0 Å². The summed E-state index contributed by atoms with van der Waals surface area (Å²) in [4.78, 5) is 2.52. The van der Waals surface area contributed by atoms with Crippen LogP contribution in [0.4, 0.5) is 17.1 Å². The molecule has 13 aromatic rings. The monoisotopic (exact) mass is 851 g/mol. The van der Waals surface area contributed by atoms with Crippen LogP contribution in [0.15, 0.2) is 229 Å². The van der Waals surface area contributed by atoms with Gasteiger partial charge in [0.05, 0.1) is 11.4 Å². The molecule has 0 spiro atoms.